The zero-order valence-corrected chi connectivity index (χ0v) is 10.6. The molecule has 0 aromatic heterocycles. The van der Waals surface area contributed by atoms with E-state index in [1.807, 2.05) is 0 Å². The second kappa shape index (κ2) is 8.52. The fraction of sp³-hybridized carbons (Fsp3) is 0.900. The lowest BCUT2D eigenvalue weighted by Crippen LogP contribution is -2.20. The SMILES string of the molecule is CCCCCCCCCC(=O)OS(N)(=O)=O. The summed E-state index contributed by atoms with van der Waals surface area (Å²) in [7, 11) is -4.13. The van der Waals surface area contributed by atoms with E-state index in [9.17, 15) is 13.2 Å². The van der Waals surface area contributed by atoms with Crippen LogP contribution in [-0.4, -0.2) is 14.4 Å². The van der Waals surface area contributed by atoms with Gasteiger partial charge < -0.3 is 4.18 Å². The first kappa shape index (κ1) is 15.4. The number of hydrogen-bond donors (Lipinski definition) is 1. The molecule has 16 heavy (non-hydrogen) atoms. The highest BCUT2D eigenvalue weighted by Gasteiger charge is 2.10. The third-order valence-electron chi connectivity index (χ3n) is 2.19. The van der Waals surface area contributed by atoms with Gasteiger partial charge in [0.15, 0.2) is 0 Å². The highest BCUT2D eigenvalue weighted by atomic mass is 32.2. The van der Waals surface area contributed by atoms with Crippen LogP contribution in [0.3, 0.4) is 0 Å². The highest BCUT2D eigenvalue weighted by molar-refractivity contribution is 7.84. The summed E-state index contributed by atoms with van der Waals surface area (Å²) in [6.45, 7) is 2.16. The Kier molecular flexibility index (Phi) is 8.19. The Morgan fingerprint density at radius 1 is 1.06 bits per heavy atom. The van der Waals surface area contributed by atoms with E-state index in [-0.39, 0.29) is 6.42 Å². The summed E-state index contributed by atoms with van der Waals surface area (Å²) in [5.41, 5.74) is 0. The molecule has 0 spiro atoms. The predicted molar refractivity (Wildman–Crippen MR) is 61.8 cm³/mol. The molecule has 0 unspecified atom stereocenters. The Labute approximate surface area is 97.6 Å². The number of hydrogen-bond acceptors (Lipinski definition) is 4. The zero-order chi connectivity index (χ0) is 12.4. The molecule has 0 bridgehead atoms. The topological polar surface area (TPSA) is 86.5 Å². The molecular formula is C10H21NO4S. The average Bonchev–Trinajstić information content (AvgIpc) is 2.13. The van der Waals surface area contributed by atoms with E-state index in [0.29, 0.717) is 6.42 Å². The fourth-order valence-corrected chi connectivity index (χ4v) is 1.74. The van der Waals surface area contributed by atoms with Crippen LogP contribution in [0.5, 0.6) is 0 Å². The van der Waals surface area contributed by atoms with Crippen molar-refractivity contribution in [1.29, 1.82) is 0 Å². The molecular weight excluding hydrogens is 230 g/mol. The Balaban J connectivity index is 3.35. The van der Waals surface area contributed by atoms with E-state index in [4.69, 9.17) is 0 Å². The Morgan fingerprint density at radius 2 is 1.56 bits per heavy atom. The fourth-order valence-electron chi connectivity index (χ4n) is 1.40. The molecule has 0 saturated carbocycles. The minimum atomic E-state index is -4.13. The van der Waals surface area contributed by atoms with Crippen molar-refractivity contribution in [3.8, 4) is 0 Å². The number of nitrogens with two attached hydrogens (primary N) is 1. The quantitative estimate of drug-likeness (QED) is 0.634. The number of carbonyl (C=O) groups excluding carboxylic acids is 1. The monoisotopic (exact) mass is 251 g/mol. The number of rotatable bonds is 9. The van der Waals surface area contributed by atoms with Crippen molar-refractivity contribution in [1.82, 2.24) is 0 Å². The summed E-state index contributed by atoms with van der Waals surface area (Å²) in [5, 5.41) is 4.55. The van der Waals surface area contributed by atoms with Crippen LogP contribution in [0.1, 0.15) is 58.3 Å². The van der Waals surface area contributed by atoms with Crippen LogP contribution in [0.4, 0.5) is 0 Å². The summed E-state index contributed by atoms with van der Waals surface area (Å²) in [5.74, 6) is -0.768. The largest absolute Gasteiger partial charge is 0.382 e. The van der Waals surface area contributed by atoms with Crippen LogP contribution in [-0.2, 0) is 19.3 Å². The first-order valence-corrected chi connectivity index (χ1v) is 7.18. The standard InChI is InChI=1S/C10H21NO4S/c1-2-3-4-5-6-7-8-9-10(12)15-16(11,13)14/h2-9H2,1H3,(H2,11,13,14). The first-order chi connectivity index (χ1) is 7.45. The number of carbonyl (C=O) groups is 1. The lowest BCUT2D eigenvalue weighted by atomic mass is 10.1. The molecule has 0 radical (unpaired) electrons. The van der Waals surface area contributed by atoms with E-state index >= 15 is 0 Å². The number of unbranched alkanes of at least 4 members (excludes halogenated alkanes) is 6. The van der Waals surface area contributed by atoms with Crippen LogP contribution in [0, 0.1) is 0 Å². The Hall–Kier alpha value is -0.620. The molecule has 0 aliphatic rings. The molecule has 0 atom stereocenters. The van der Waals surface area contributed by atoms with Crippen LogP contribution in [0.15, 0.2) is 0 Å². The second-order valence-electron chi connectivity index (χ2n) is 3.82. The van der Waals surface area contributed by atoms with E-state index in [1.165, 1.54) is 19.3 Å². The molecule has 0 aromatic carbocycles. The van der Waals surface area contributed by atoms with Crippen LogP contribution in [0.25, 0.3) is 0 Å². The van der Waals surface area contributed by atoms with Crippen molar-refractivity contribution < 1.29 is 17.4 Å². The molecule has 6 heteroatoms. The molecule has 2 N–H and O–H groups in total. The average molecular weight is 251 g/mol. The zero-order valence-electron chi connectivity index (χ0n) is 9.78. The van der Waals surface area contributed by atoms with E-state index < -0.39 is 16.3 Å². The molecule has 0 fully saturated rings. The van der Waals surface area contributed by atoms with Gasteiger partial charge in [-0.05, 0) is 6.42 Å². The van der Waals surface area contributed by atoms with Gasteiger partial charge in [0.05, 0.1) is 0 Å². The predicted octanol–water partition coefficient (Wildman–Crippen LogP) is 1.87. The van der Waals surface area contributed by atoms with Gasteiger partial charge in [-0.3, -0.25) is 4.79 Å². The molecule has 96 valence electrons. The Morgan fingerprint density at radius 3 is 2.06 bits per heavy atom. The van der Waals surface area contributed by atoms with E-state index in [2.05, 4.69) is 16.2 Å². The van der Waals surface area contributed by atoms with Gasteiger partial charge in [0.2, 0.25) is 0 Å². The van der Waals surface area contributed by atoms with Gasteiger partial charge in [0, 0.05) is 6.42 Å². The summed E-state index contributed by atoms with van der Waals surface area (Å²) in [4.78, 5) is 10.9. The summed E-state index contributed by atoms with van der Waals surface area (Å²) < 4.78 is 24.8. The van der Waals surface area contributed by atoms with Crippen LogP contribution in [0.2, 0.25) is 0 Å². The third kappa shape index (κ3) is 11.5. The molecule has 0 saturated heterocycles. The lowest BCUT2D eigenvalue weighted by molar-refractivity contribution is -0.133. The summed E-state index contributed by atoms with van der Waals surface area (Å²) in [6.07, 6.45) is 7.60. The van der Waals surface area contributed by atoms with E-state index in [0.717, 1.165) is 19.3 Å². The smallest absolute Gasteiger partial charge is 0.334 e. The summed E-state index contributed by atoms with van der Waals surface area (Å²) in [6, 6.07) is 0. The molecule has 5 nitrogen and oxygen atoms in total. The molecule has 0 amide bonds. The van der Waals surface area contributed by atoms with Gasteiger partial charge in [0.1, 0.15) is 0 Å². The van der Waals surface area contributed by atoms with Crippen LogP contribution < -0.4 is 5.14 Å². The maximum Gasteiger partial charge on any atom is 0.382 e. The molecule has 0 aliphatic carbocycles. The van der Waals surface area contributed by atoms with Crippen molar-refractivity contribution in [3.05, 3.63) is 0 Å². The Bertz CT molecular complexity index is 287. The third-order valence-corrected chi connectivity index (χ3v) is 2.61. The minimum Gasteiger partial charge on any atom is -0.334 e. The van der Waals surface area contributed by atoms with Crippen molar-refractivity contribution in [2.45, 2.75) is 58.3 Å². The summed E-state index contributed by atoms with van der Waals surface area (Å²) >= 11 is 0. The normalized spacial score (nSPS) is 11.4. The minimum absolute atomic E-state index is 0.115. The van der Waals surface area contributed by atoms with Gasteiger partial charge in [-0.2, -0.15) is 13.6 Å². The van der Waals surface area contributed by atoms with Gasteiger partial charge >= 0.3 is 16.3 Å². The first-order valence-electron chi connectivity index (χ1n) is 5.70. The molecule has 0 heterocycles. The van der Waals surface area contributed by atoms with Crippen molar-refractivity contribution in [3.63, 3.8) is 0 Å². The molecule has 0 rings (SSSR count). The van der Waals surface area contributed by atoms with Gasteiger partial charge in [-0.15, -0.1) is 0 Å². The maximum absolute atomic E-state index is 10.9. The second-order valence-corrected chi connectivity index (χ2v) is 4.97. The van der Waals surface area contributed by atoms with Gasteiger partial charge in [-0.25, -0.2) is 0 Å². The highest BCUT2D eigenvalue weighted by Crippen LogP contribution is 2.08. The van der Waals surface area contributed by atoms with Crippen molar-refractivity contribution in [2.75, 3.05) is 0 Å². The van der Waals surface area contributed by atoms with Gasteiger partial charge in [-0.1, -0.05) is 45.4 Å². The molecule has 0 aromatic rings. The van der Waals surface area contributed by atoms with Crippen LogP contribution >= 0.6 is 0 Å². The lowest BCUT2D eigenvalue weighted by Gasteiger charge is -2.01. The maximum atomic E-state index is 10.9. The van der Waals surface area contributed by atoms with Crippen molar-refractivity contribution in [2.24, 2.45) is 5.14 Å². The van der Waals surface area contributed by atoms with Gasteiger partial charge in [0.25, 0.3) is 0 Å². The van der Waals surface area contributed by atoms with Crippen molar-refractivity contribution >= 4 is 16.3 Å². The van der Waals surface area contributed by atoms with E-state index in [1.54, 1.807) is 0 Å². The molecule has 0 aliphatic heterocycles.